The molecule has 12 heteroatoms. The van der Waals surface area contributed by atoms with E-state index in [-0.39, 0.29) is 21.7 Å². The minimum atomic E-state index is -1.10. The molecule has 6 heterocycles. The van der Waals surface area contributed by atoms with Gasteiger partial charge in [0.15, 0.2) is 0 Å². The number of aromatic nitrogens is 2. The van der Waals surface area contributed by atoms with Gasteiger partial charge in [-0.2, -0.15) is 0 Å². The molecule has 1 aromatic carbocycles. The Kier molecular flexibility index (Phi) is 6.72. The van der Waals surface area contributed by atoms with Crippen molar-refractivity contribution in [3.8, 4) is 17.0 Å². The summed E-state index contributed by atoms with van der Waals surface area (Å²) in [5.41, 5.74) is 4.28. The van der Waals surface area contributed by atoms with E-state index in [9.17, 15) is 14.0 Å². The first kappa shape index (κ1) is 24.8. The fraction of sp³-hybridized carbons (Fsp3) is 0.346. The van der Waals surface area contributed by atoms with E-state index in [4.69, 9.17) is 7.80 Å². The number of hydrogen-bond donors (Lipinski definition) is 4. The van der Waals surface area contributed by atoms with Crippen LogP contribution in [0.15, 0.2) is 36.7 Å². The van der Waals surface area contributed by atoms with Crippen molar-refractivity contribution in [2.24, 2.45) is 5.92 Å². The van der Waals surface area contributed by atoms with Crippen molar-refractivity contribution in [2.45, 2.75) is 16.8 Å². The summed E-state index contributed by atoms with van der Waals surface area (Å²) in [6.07, 6.45) is 4.95. The molecule has 200 valence electrons. The maximum absolute atomic E-state index is 14.6. The van der Waals surface area contributed by atoms with Crippen molar-refractivity contribution in [1.82, 2.24) is 20.2 Å². The Balaban J connectivity index is 1.51. The number of aromatic amines is 1. The summed E-state index contributed by atoms with van der Waals surface area (Å²) in [5, 5.41) is 9.77. The van der Waals surface area contributed by atoms with Gasteiger partial charge in [0, 0.05) is 0 Å². The summed E-state index contributed by atoms with van der Waals surface area (Å²) in [4.78, 5) is 35.7. The van der Waals surface area contributed by atoms with Gasteiger partial charge >= 0.3 is 230 Å². The predicted molar refractivity (Wildman–Crippen MR) is 135 cm³/mol. The summed E-state index contributed by atoms with van der Waals surface area (Å²) >= 11 is -1.10. The summed E-state index contributed by atoms with van der Waals surface area (Å²) in [6.45, 7) is 2.41. The number of ether oxygens (including phenoxy) is 1. The number of methoxy groups -OCH3 is 1. The van der Waals surface area contributed by atoms with Gasteiger partial charge < -0.3 is 0 Å². The van der Waals surface area contributed by atoms with Gasteiger partial charge in [0.2, 0.25) is 0 Å². The van der Waals surface area contributed by atoms with E-state index in [0.29, 0.717) is 53.9 Å². The maximum atomic E-state index is 14.6. The Morgan fingerprint density at radius 3 is 2.84 bits per heavy atom. The number of pyridine rings is 1. The van der Waals surface area contributed by atoms with Crippen LogP contribution in [0.1, 0.15) is 32.8 Å². The van der Waals surface area contributed by atoms with Crippen molar-refractivity contribution in [1.29, 1.82) is 0 Å². The quantitative estimate of drug-likeness (QED) is 0.251. The number of carbonyl (C=O) groups excluding carboxylic acids is 2. The van der Waals surface area contributed by atoms with Crippen LogP contribution in [0.5, 0.6) is 5.75 Å². The molecule has 1 saturated heterocycles. The first-order valence-electron chi connectivity index (χ1n) is 12.4. The second kappa shape index (κ2) is 10.3. The number of amides is 2. The zero-order valence-electron chi connectivity index (χ0n) is 20.6. The average molecular weight is 633 g/mol. The summed E-state index contributed by atoms with van der Waals surface area (Å²) in [5.74, 6) is -0.343. The number of halogens is 2. The van der Waals surface area contributed by atoms with Gasteiger partial charge in [-0.25, -0.2) is 0 Å². The Bertz CT molecular complexity index is 1390. The third-order valence-electron chi connectivity index (χ3n) is 7.20. The van der Waals surface area contributed by atoms with Gasteiger partial charge in [-0.15, -0.1) is 0 Å². The van der Waals surface area contributed by atoms with Gasteiger partial charge in [0.05, 0.1) is 0 Å². The van der Waals surface area contributed by atoms with Crippen LogP contribution in [0.3, 0.4) is 0 Å². The number of rotatable bonds is 3. The molecule has 2 amide bonds. The summed E-state index contributed by atoms with van der Waals surface area (Å²) < 4.78 is 25.5. The van der Waals surface area contributed by atoms with Crippen LogP contribution in [-0.2, 0) is 3.07 Å². The van der Waals surface area contributed by atoms with Crippen LogP contribution in [0.2, 0.25) is 0 Å². The van der Waals surface area contributed by atoms with Gasteiger partial charge in [0.1, 0.15) is 0 Å². The van der Waals surface area contributed by atoms with Crippen molar-refractivity contribution < 1.29 is 43.4 Å². The molecule has 7 rings (SSSR count). The fourth-order valence-electron chi connectivity index (χ4n) is 5.18. The number of fused-ring (bicyclic) bond motifs is 5. The van der Waals surface area contributed by atoms with E-state index < -0.39 is 27.4 Å². The van der Waals surface area contributed by atoms with E-state index >= 15 is 0 Å². The number of carbonyl (C=O) groups is 2. The molecule has 0 spiro atoms. The third-order valence-corrected chi connectivity index (χ3v) is 9.51. The number of nitrogens with zero attached hydrogens (tertiary/aromatic N) is 2. The normalized spacial score (nSPS) is 21.1. The number of anilines is 3. The monoisotopic (exact) mass is 633 g/mol. The van der Waals surface area contributed by atoms with Crippen molar-refractivity contribution in [2.75, 3.05) is 43.9 Å². The first-order valence-corrected chi connectivity index (χ1v) is 14.6. The second-order valence-electron chi connectivity index (χ2n) is 9.45. The summed E-state index contributed by atoms with van der Waals surface area (Å²) in [6, 6.07) is 6.48. The molecule has 0 aliphatic carbocycles. The standard InChI is InChI=1S/C26H27FIN6O4/c1-37-24-16(27)3-2-4-18(24)32-23-20-22-17(12-31-25(20)35)28-38-26(36)34-9-6-14(7-10-34)11-30-19-13-29-8-5-15(19)21(23)33-22/h2-5,8,13-14,17,30,32-33H,6-7,9-12H2,1H3,(H,31,35)/q-1/t17-/m1/s1. The van der Waals surface area contributed by atoms with Crippen molar-refractivity contribution in [3.05, 3.63) is 53.7 Å². The molecule has 3 aromatic rings. The van der Waals surface area contributed by atoms with E-state index in [2.05, 4.69) is 25.9 Å². The molecule has 4 bridgehead atoms. The van der Waals surface area contributed by atoms with Crippen LogP contribution in [0, 0.1) is 11.7 Å². The van der Waals surface area contributed by atoms with E-state index in [1.54, 1.807) is 29.4 Å². The zero-order valence-corrected chi connectivity index (χ0v) is 22.8. The molecular weight excluding hydrogens is 606 g/mol. The number of piperidine rings is 1. The first-order chi connectivity index (χ1) is 18.5. The van der Waals surface area contributed by atoms with Crippen LogP contribution in [0.25, 0.3) is 11.3 Å². The Morgan fingerprint density at radius 1 is 1.18 bits per heavy atom. The molecule has 1 atom stereocenters. The molecule has 38 heavy (non-hydrogen) atoms. The number of para-hydroxylation sites is 1. The van der Waals surface area contributed by atoms with Crippen LogP contribution < -0.4 is 42.3 Å². The van der Waals surface area contributed by atoms with Gasteiger partial charge in [-0.1, -0.05) is 0 Å². The van der Waals surface area contributed by atoms with Crippen LogP contribution >= 0.6 is 0 Å². The molecule has 0 unspecified atom stereocenters. The number of alkyl halides is 1. The topological polar surface area (TPSA) is 121 Å². The van der Waals surface area contributed by atoms with Gasteiger partial charge in [0.25, 0.3) is 0 Å². The Labute approximate surface area is 229 Å². The Hall–Kier alpha value is -3.55. The fourth-order valence-corrected chi connectivity index (χ4v) is 7.11. The second-order valence-corrected chi connectivity index (χ2v) is 11.9. The van der Waals surface area contributed by atoms with Gasteiger partial charge in [-0.05, 0) is 0 Å². The Morgan fingerprint density at radius 2 is 2.03 bits per heavy atom. The molecule has 4 aliphatic rings. The SMILES string of the molecule is COc1c(F)cccc1Nc1c2[nH]c3c1C(=O)NC[C@H]3[I-]OC(=O)N1CCC(CC1)CNc1cnccc1-2. The molecule has 4 N–H and O–H groups in total. The molecule has 0 saturated carbocycles. The van der Waals surface area contributed by atoms with Crippen LogP contribution in [0.4, 0.5) is 26.2 Å². The zero-order chi connectivity index (χ0) is 26.2. The number of hydrogen-bond acceptors (Lipinski definition) is 7. The minimum absolute atomic E-state index is 0.0443. The molecule has 1 fully saturated rings. The number of H-pyrrole nitrogens is 1. The number of nitrogens with one attached hydrogen (secondary N) is 4. The van der Waals surface area contributed by atoms with E-state index in [1.165, 1.54) is 13.2 Å². The average Bonchev–Trinajstić information content (AvgIpc) is 3.31. The van der Waals surface area contributed by atoms with E-state index in [1.807, 2.05) is 6.07 Å². The van der Waals surface area contributed by atoms with E-state index in [0.717, 1.165) is 30.6 Å². The third kappa shape index (κ3) is 4.50. The van der Waals surface area contributed by atoms with Crippen LogP contribution in [-0.4, -0.2) is 60.2 Å². The molecule has 4 aliphatic heterocycles. The summed E-state index contributed by atoms with van der Waals surface area (Å²) in [7, 11) is 1.40. The molecule has 0 radical (unpaired) electrons. The van der Waals surface area contributed by atoms with Crippen molar-refractivity contribution in [3.63, 3.8) is 0 Å². The number of benzene rings is 1. The van der Waals surface area contributed by atoms with Gasteiger partial charge in [-0.3, -0.25) is 0 Å². The molecule has 10 nitrogen and oxygen atoms in total. The molecule has 2 aromatic heterocycles. The van der Waals surface area contributed by atoms with Crippen molar-refractivity contribution >= 4 is 29.1 Å². The molecular formula is C26H27FIN6O4-. The predicted octanol–water partition coefficient (Wildman–Crippen LogP) is 1.03.